The molecule has 108 valence electrons. The van der Waals surface area contributed by atoms with Gasteiger partial charge >= 0.3 is 0 Å². The van der Waals surface area contributed by atoms with E-state index in [0.29, 0.717) is 25.6 Å². The average Bonchev–Trinajstić information content (AvgIpc) is 2.82. The largest absolute Gasteiger partial charge is 0.375 e. The summed E-state index contributed by atoms with van der Waals surface area (Å²) in [6, 6.07) is -0.169. The zero-order chi connectivity index (χ0) is 14.0. The van der Waals surface area contributed by atoms with Crippen LogP contribution >= 0.6 is 11.6 Å². The number of aryl methyl sites for hydroxylation is 1. The van der Waals surface area contributed by atoms with Gasteiger partial charge in [0, 0.05) is 24.7 Å². The SMILES string of the molecule is CC1CN(S(=O)(=O)c2cnn(CCCl)c2)C(C)CO1. The van der Waals surface area contributed by atoms with Gasteiger partial charge in [0.05, 0.1) is 25.5 Å². The molecule has 1 aliphatic rings. The first-order chi connectivity index (χ1) is 8.95. The second-order valence-corrected chi connectivity index (χ2v) is 6.96. The normalized spacial score (nSPS) is 25.6. The first kappa shape index (κ1) is 14.8. The van der Waals surface area contributed by atoms with Crippen molar-refractivity contribution in [1.82, 2.24) is 14.1 Å². The number of aromatic nitrogens is 2. The molecular weight excluding hydrogens is 290 g/mol. The van der Waals surface area contributed by atoms with Gasteiger partial charge in [0.2, 0.25) is 10.0 Å². The van der Waals surface area contributed by atoms with E-state index in [-0.39, 0.29) is 17.0 Å². The Bertz CT molecular complexity index is 531. The van der Waals surface area contributed by atoms with E-state index in [1.807, 2.05) is 13.8 Å². The van der Waals surface area contributed by atoms with Crippen molar-refractivity contribution in [3.8, 4) is 0 Å². The van der Waals surface area contributed by atoms with Gasteiger partial charge in [-0.15, -0.1) is 11.6 Å². The second-order valence-electron chi connectivity index (χ2n) is 4.70. The van der Waals surface area contributed by atoms with E-state index in [1.54, 1.807) is 0 Å². The lowest BCUT2D eigenvalue weighted by atomic mass is 10.2. The molecule has 0 spiro atoms. The molecule has 2 atom stereocenters. The molecule has 2 rings (SSSR count). The monoisotopic (exact) mass is 307 g/mol. The van der Waals surface area contributed by atoms with Crippen molar-refractivity contribution in [2.45, 2.75) is 37.4 Å². The van der Waals surface area contributed by atoms with Crippen LogP contribution in [-0.4, -0.2) is 53.7 Å². The summed E-state index contributed by atoms with van der Waals surface area (Å²) in [4.78, 5) is 0.207. The summed E-state index contributed by atoms with van der Waals surface area (Å²) in [6.07, 6.45) is 2.79. The smallest absolute Gasteiger partial charge is 0.246 e. The lowest BCUT2D eigenvalue weighted by Crippen LogP contribution is -2.49. The Hall–Kier alpha value is -0.630. The number of sulfonamides is 1. The van der Waals surface area contributed by atoms with Gasteiger partial charge in [-0.05, 0) is 13.8 Å². The molecule has 8 heteroatoms. The number of halogens is 1. The van der Waals surface area contributed by atoms with Crippen LogP contribution in [0.3, 0.4) is 0 Å². The lowest BCUT2D eigenvalue weighted by Gasteiger charge is -2.35. The Morgan fingerprint density at radius 2 is 2.26 bits per heavy atom. The van der Waals surface area contributed by atoms with Crippen molar-refractivity contribution in [2.75, 3.05) is 19.0 Å². The molecule has 2 unspecified atom stereocenters. The third kappa shape index (κ3) is 3.10. The Kier molecular flexibility index (Phi) is 4.50. The Morgan fingerprint density at radius 1 is 1.53 bits per heavy atom. The molecule has 6 nitrogen and oxygen atoms in total. The highest BCUT2D eigenvalue weighted by Crippen LogP contribution is 2.22. The number of hydrogen-bond donors (Lipinski definition) is 0. The molecule has 0 saturated carbocycles. The third-order valence-corrected chi connectivity index (χ3v) is 5.18. The van der Waals surface area contributed by atoms with E-state index in [0.717, 1.165) is 0 Å². The van der Waals surface area contributed by atoms with Crippen LogP contribution in [0.15, 0.2) is 17.3 Å². The second kappa shape index (κ2) is 5.78. The molecule has 1 aliphatic heterocycles. The molecule has 0 bridgehead atoms. The Morgan fingerprint density at radius 3 is 2.95 bits per heavy atom. The van der Waals surface area contributed by atoms with Crippen LogP contribution in [-0.2, 0) is 21.3 Å². The molecule has 0 radical (unpaired) electrons. The summed E-state index contributed by atoms with van der Waals surface area (Å²) >= 11 is 5.61. The molecule has 2 heterocycles. The minimum absolute atomic E-state index is 0.0936. The van der Waals surface area contributed by atoms with Crippen LogP contribution < -0.4 is 0 Å². The third-order valence-electron chi connectivity index (χ3n) is 3.08. The van der Waals surface area contributed by atoms with E-state index in [9.17, 15) is 8.42 Å². The van der Waals surface area contributed by atoms with E-state index < -0.39 is 10.0 Å². The molecule has 0 aliphatic carbocycles. The highest BCUT2D eigenvalue weighted by molar-refractivity contribution is 7.89. The van der Waals surface area contributed by atoms with Gasteiger partial charge in [-0.1, -0.05) is 0 Å². The van der Waals surface area contributed by atoms with Gasteiger partial charge in [0.25, 0.3) is 0 Å². The van der Waals surface area contributed by atoms with Crippen molar-refractivity contribution in [3.05, 3.63) is 12.4 Å². The van der Waals surface area contributed by atoms with Crippen molar-refractivity contribution in [2.24, 2.45) is 0 Å². The van der Waals surface area contributed by atoms with Gasteiger partial charge in [0.1, 0.15) is 4.90 Å². The van der Waals surface area contributed by atoms with Gasteiger partial charge in [-0.3, -0.25) is 4.68 Å². The van der Waals surface area contributed by atoms with Gasteiger partial charge in [-0.25, -0.2) is 8.42 Å². The summed E-state index contributed by atoms with van der Waals surface area (Å²) < 4.78 is 33.6. The fourth-order valence-corrected chi connectivity index (χ4v) is 3.85. The number of rotatable bonds is 4. The van der Waals surface area contributed by atoms with E-state index >= 15 is 0 Å². The minimum Gasteiger partial charge on any atom is -0.375 e. The highest BCUT2D eigenvalue weighted by Gasteiger charge is 2.34. The van der Waals surface area contributed by atoms with Gasteiger partial charge in [-0.2, -0.15) is 9.40 Å². The maximum absolute atomic E-state index is 12.5. The summed E-state index contributed by atoms with van der Waals surface area (Å²) in [5.41, 5.74) is 0. The van der Waals surface area contributed by atoms with Crippen LogP contribution in [0.2, 0.25) is 0 Å². The first-order valence-corrected chi connectivity index (χ1v) is 8.14. The number of morpholine rings is 1. The number of ether oxygens (including phenoxy) is 1. The molecule has 0 amide bonds. The molecule has 1 fully saturated rings. The Balaban J connectivity index is 2.24. The lowest BCUT2D eigenvalue weighted by molar-refractivity contribution is -0.0170. The van der Waals surface area contributed by atoms with Crippen molar-refractivity contribution >= 4 is 21.6 Å². The van der Waals surface area contributed by atoms with Crippen LogP contribution in [0.25, 0.3) is 0 Å². The van der Waals surface area contributed by atoms with E-state index in [1.165, 1.54) is 21.4 Å². The summed E-state index contributed by atoms with van der Waals surface area (Å²) in [5.74, 6) is 0.395. The first-order valence-electron chi connectivity index (χ1n) is 6.17. The van der Waals surface area contributed by atoms with Crippen LogP contribution in [0.1, 0.15) is 13.8 Å². The fourth-order valence-electron chi connectivity index (χ4n) is 2.03. The number of alkyl halides is 1. The maximum atomic E-state index is 12.5. The molecular formula is C11H18ClN3O3S. The summed E-state index contributed by atoms with van der Waals surface area (Å²) in [5, 5.41) is 4.01. The number of hydrogen-bond acceptors (Lipinski definition) is 4. The maximum Gasteiger partial charge on any atom is 0.246 e. The predicted molar refractivity (Wildman–Crippen MR) is 71.7 cm³/mol. The van der Waals surface area contributed by atoms with Crippen LogP contribution in [0.5, 0.6) is 0 Å². The summed E-state index contributed by atoms with van der Waals surface area (Å²) in [6.45, 7) is 4.98. The number of nitrogens with zero attached hydrogens (tertiary/aromatic N) is 3. The van der Waals surface area contributed by atoms with Crippen molar-refractivity contribution in [1.29, 1.82) is 0 Å². The van der Waals surface area contributed by atoms with Crippen LogP contribution in [0.4, 0.5) is 0 Å². The highest BCUT2D eigenvalue weighted by atomic mass is 35.5. The molecule has 19 heavy (non-hydrogen) atoms. The van der Waals surface area contributed by atoms with Gasteiger partial charge < -0.3 is 4.74 Å². The van der Waals surface area contributed by atoms with Crippen molar-refractivity contribution < 1.29 is 13.2 Å². The fraction of sp³-hybridized carbons (Fsp3) is 0.727. The zero-order valence-corrected chi connectivity index (χ0v) is 12.6. The zero-order valence-electron chi connectivity index (χ0n) is 11.0. The van der Waals surface area contributed by atoms with E-state index in [4.69, 9.17) is 16.3 Å². The molecule has 1 aromatic heterocycles. The predicted octanol–water partition coefficient (Wildman–Crippen LogP) is 0.920. The molecule has 1 saturated heterocycles. The molecule has 0 N–H and O–H groups in total. The quantitative estimate of drug-likeness (QED) is 0.776. The minimum atomic E-state index is -3.51. The molecule has 1 aromatic rings. The average molecular weight is 308 g/mol. The van der Waals surface area contributed by atoms with Gasteiger partial charge in [0.15, 0.2) is 0 Å². The van der Waals surface area contributed by atoms with E-state index in [2.05, 4.69) is 5.10 Å². The Labute approximate surface area is 118 Å². The van der Waals surface area contributed by atoms with Crippen LogP contribution in [0, 0.1) is 0 Å². The topological polar surface area (TPSA) is 64.4 Å². The standard InChI is InChI=1S/C11H18ClN3O3S/c1-9-8-18-10(2)6-15(9)19(16,17)11-5-13-14(7-11)4-3-12/h5,7,9-10H,3-4,6,8H2,1-2H3. The molecule has 0 aromatic carbocycles. The summed E-state index contributed by atoms with van der Waals surface area (Å²) in [7, 11) is -3.51. The van der Waals surface area contributed by atoms with Crippen molar-refractivity contribution in [3.63, 3.8) is 0 Å².